The number of amides is 3. The van der Waals surface area contributed by atoms with Gasteiger partial charge in [-0.25, -0.2) is 14.5 Å². The number of urea groups is 1. The van der Waals surface area contributed by atoms with Gasteiger partial charge in [-0.15, -0.1) is 6.58 Å². The lowest BCUT2D eigenvalue weighted by Crippen LogP contribution is -2.73. The molecule has 0 spiro atoms. The zero-order valence-electron chi connectivity index (χ0n) is 21.5. The number of hydrogen-bond acceptors (Lipinski definition) is 5. The summed E-state index contributed by atoms with van der Waals surface area (Å²) in [4.78, 5) is 40.3. The van der Waals surface area contributed by atoms with E-state index in [9.17, 15) is 14.4 Å². The van der Waals surface area contributed by atoms with E-state index in [1.165, 1.54) is 0 Å². The van der Waals surface area contributed by atoms with Gasteiger partial charge in [-0.05, 0) is 44.2 Å². The molecule has 0 radical (unpaired) electrons. The van der Waals surface area contributed by atoms with E-state index >= 15 is 0 Å². The summed E-state index contributed by atoms with van der Waals surface area (Å²) in [6.07, 6.45) is 1.36. The lowest BCUT2D eigenvalue weighted by atomic mass is 9.72. The van der Waals surface area contributed by atoms with E-state index in [-0.39, 0.29) is 18.6 Å². The quantitative estimate of drug-likeness (QED) is 0.256. The highest BCUT2D eigenvalue weighted by atomic mass is 16.6. The van der Waals surface area contributed by atoms with Crippen molar-refractivity contribution in [1.29, 1.82) is 0 Å². The average molecular weight is 493 g/mol. The molecule has 1 heterocycles. The molecule has 0 unspecified atom stereocenters. The fourth-order valence-corrected chi connectivity index (χ4v) is 4.48. The number of carbonyl (C=O) groups excluding carboxylic acids is 3. The third-order valence-electron chi connectivity index (χ3n) is 6.90. The summed E-state index contributed by atoms with van der Waals surface area (Å²) in [6, 6.07) is 16.3. The van der Waals surface area contributed by atoms with Crippen LogP contribution in [-0.4, -0.2) is 35.1 Å². The van der Waals surface area contributed by atoms with Crippen molar-refractivity contribution in [1.82, 2.24) is 10.2 Å². The number of likely N-dealkylation sites (tertiary alicyclic amines) is 1. The van der Waals surface area contributed by atoms with E-state index in [1.807, 2.05) is 75.4 Å². The zero-order valence-corrected chi connectivity index (χ0v) is 21.5. The minimum atomic E-state index is -0.958. The van der Waals surface area contributed by atoms with Crippen LogP contribution in [0.2, 0.25) is 0 Å². The van der Waals surface area contributed by atoms with Crippen LogP contribution in [0.15, 0.2) is 67.3 Å². The maximum atomic E-state index is 13.3. The summed E-state index contributed by atoms with van der Waals surface area (Å²) in [7, 11) is 0. The fraction of sp³-hybridized carbons (Fsp3) is 0.414. The third-order valence-corrected chi connectivity index (χ3v) is 6.90. The van der Waals surface area contributed by atoms with Crippen molar-refractivity contribution in [3.8, 4) is 0 Å². The number of benzene rings is 2. The molecule has 0 bridgehead atoms. The predicted octanol–water partition coefficient (Wildman–Crippen LogP) is 5.45. The second-order valence-electron chi connectivity index (χ2n) is 9.20. The first-order valence-electron chi connectivity index (χ1n) is 12.4. The summed E-state index contributed by atoms with van der Waals surface area (Å²) in [6.45, 7) is 11.3. The molecule has 2 aromatic rings. The number of esters is 1. The minimum Gasteiger partial charge on any atom is -0.459 e. The molecule has 1 aliphatic rings. The van der Waals surface area contributed by atoms with Gasteiger partial charge in [0.25, 0.3) is 0 Å². The monoisotopic (exact) mass is 492 g/mol. The topological polar surface area (TPSA) is 84.9 Å². The Labute approximate surface area is 213 Å². The summed E-state index contributed by atoms with van der Waals surface area (Å²) in [5, 5.41) is 2.95. The van der Waals surface area contributed by atoms with Crippen LogP contribution < -0.4 is 5.32 Å². The molecule has 0 saturated carbocycles. The van der Waals surface area contributed by atoms with Crippen molar-refractivity contribution in [3.05, 3.63) is 83.9 Å². The lowest BCUT2D eigenvalue weighted by molar-refractivity contribution is -0.225. The Morgan fingerprint density at radius 2 is 1.75 bits per heavy atom. The Morgan fingerprint density at radius 1 is 1.11 bits per heavy atom. The molecule has 0 aromatic heterocycles. The molecule has 3 rings (SSSR count). The summed E-state index contributed by atoms with van der Waals surface area (Å²) < 4.78 is 11.5. The molecule has 0 aliphatic carbocycles. The van der Waals surface area contributed by atoms with Crippen molar-refractivity contribution in [2.24, 2.45) is 5.41 Å². The summed E-state index contributed by atoms with van der Waals surface area (Å²) in [5.74, 6) is -0.857. The first-order chi connectivity index (χ1) is 17.3. The van der Waals surface area contributed by atoms with Gasteiger partial charge in [-0.1, -0.05) is 80.1 Å². The molecule has 2 aromatic carbocycles. The molecule has 7 nitrogen and oxygen atoms in total. The van der Waals surface area contributed by atoms with Gasteiger partial charge in [0.15, 0.2) is 12.3 Å². The van der Waals surface area contributed by atoms with Crippen molar-refractivity contribution >= 4 is 17.9 Å². The first kappa shape index (κ1) is 27.1. The van der Waals surface area contributed by atoms with E-state index < -0.39 is 29.7 Å². The van der Waals surface area contributed by atoms with Gasteiger partial charge in [-0.2, -0.15) is 0 Å². The van der Waals surface area contributed by atoms with Crippen molar-refractivity contribution in [2.75, 3.05) is 0 Å². The third kappa shape index (κ3) is 5.68. The number of β-lactam (4-membered cyclic amide) rings is 1. The van der Waals surface area contributed by atoms with Crippen molar-refractivity contribution in [3.63, 3.8) is 0 Å². The number of carbonyl (C=O) groups is 3. The Balaban J connectivity index is 1.73. The van der Waals surface area contributed by atoms with Crippen molar-refractivity contribution < 1.29 is 23.9 Å². The largest absolute Gasteiger partial charge is 0.459 e. The Hall–Kier alpha value is -3.45. The zero-order chi connectivity index (χ0) is 26.3. The second kappa shape index (κ2) is 12.0. The molecule has 3 atom stereocenters. The van der Waals surface area contributed by atoms with Gasteiger partial charge in [-0.3, -0.25) is 4.79 Å². The van der Waals surface area contributed by atoms with Crippen LogP contribution in [0.4, 0.5) is 4.79 Å². The number of nitrogens with one attached hydrogen (secondary N) is 1. The average Bonchev–Trinajstić information content (AvgIpc) is 2.88. The van der Waals surface area contributed by atoms with Gasteiger partial charge in [0.05, 0.1) is 11.5 Å². The number of rotatable bonds is 11. The number of nitrogens with zero attached hydrogens (tertiary/aromatic N) is 1. The maximum absolute atomic E-state index is 13.3. The lowest BCUT2D eigenvalue weighted by Gasteiger charge is -2.54. The molecule has 1 saturated heterocycles. The SMILES string of the molecule is C=CC[C@@H](NC(=O)N1C(=O)C(CC)(CC)[C@@H]1O[C@@H](C)C(=O)OCc1ccccc1)c1ccc(C)cc1. The Kier molecular flexibility index (Phi) is 9.04. The second-order valence-corrected chi connectivity index (χ2v) is 9.20. The van der Waals surface area contributed by atoms with Crippen LogP contribution in [-0.2, 0) is 25.7 Å². The summed E-state index contributed by atoms with van der Waals surface area (Å²) in [5.41, 5.74) is 2.01. The standard InChI is InChI=1S/C29H36N2O5/c1-6-12-24(23-17-15-20(4)16-18-23)30-28(34)31-26(33)29(7-2,8-3)27(31)36-21(5)25(32)35-19-22-13-10-9-11-14-22/h6,9-11,13-18,21,24,27H,1,7-8,12,19H2,2-5H3,(H,30,34)/t21-,24+,27-/m0/s1. The van der Waals surface area contributed by atoms with Gasteiger partial charge in [0, 0.05) is 0 Å². The van der Waals surface area contributed by atoms with Crippen LogP contribution in [0.5, 0.6) is 0 Å². The van der Waals surface area contributed by atoms with Crippen LogP contribution in [0, 0.1) is 12.3 Å². The smallest absolute Gasteiger partial charge is 0.335 e. The number of ether oxygens (including phenoxy) is 2. The van der Waals surface area contributed by atoms with Crippen molar-refractivity contribution in [2.45, 2.75) is 71.9 Å². The van der Waals surface area contributed by atoms with Gasteiger partial charge < -0.3 is 14.8 Å². The van der Waals surface area contributed by atoms with Gasteiger partial charge in [0.1, 0.15) is 6.61 Å². The Bertz CT molecular complexity index is 1060. The van der Waals surface area contributed by atoms with E-state index in [0.717, 1.165) is 21.6 Å². The predicted molar refractivity (Wildman–Crippen MR) is 138 cm³/mol. The maximum Gasteiger partial charge on any atom is 0.335 e. The molecular weight excluding hydrogens is 456 g/mol. The van der Waals surface area contributed by atoms with Crippen LogP contribution >= 0.6 is 0 Å². The molecule has 1 fully saturated rings. The molecule has 7 heteroatoms. The molecule has 36 heavy (non-hydrogen) atoms. The molecule has 1 N–H and O–H groups in total. The van der Waals surface area contributed by atoms with E-state index in [2.05, 4.69) is 11.9 Å². The fourth-order valence-electron chi connectivity index (χ4n) is 4.48. The highest BCUT2D eigenvalue weighted by molar-refractivity contribution is 6.03. The molecule has 3 amide bonds. The number of hydrogen-bond donors (Lipinski definition) is 1. The Morgan fingerprint density at radius 3 is 2.33 bits per heavy atom. The van der Waals surface area contributed by atoms with Gasteiger partial charge in [0.2, 0.25) is 5.91 Å². The normalized spacial score (nSPS) is 18.1. The van der Waals surface area contributed by atoms with Crippen LogP contribution in [0.25, 0.3) is 0 Å². The minimum absolute atomic E-state index is 0.119. The molecule has 1 aliphatic heterocycles. The number of imide groups is 1. The van der Waals surface area contributed by atoms with Gasteiger partial charge >= 0.3 is 12.0 Å². The number of aryl methyl sites for hydroxylation is 1. The van der Waals surface area contributed by atoms with Crippen LogP contribution in [0.1, 0.15) is 62.8 Å². The highest BCUT2D eigenvalue weighted by Crippen LogP contribution is 2.46. The summed E-state index contributed by atoms with van der Waals surface area (Å²) >= 11 is 0. The highest BCUT2D eigenvalue weighted by Gasteiger charge is 2.62. The van der Waals surface area contributed by atoms with E-state index in [1.54, 1.807) is 13.0 Å². The van der Waals surface area contributed by atoms with E-state index in [4.69, 9.17) is 9.47 Å². The first-order valence-corrected chi connectivity index (χ1v) is 12.4. The molecular formula is C29H36N2O5. The van der Waals surface area contributed by atoms with Crippen LogP contribution in [0.3, 0.4) is 0 Å². The molecule has 192 valence electrons. The van der Waals surface area contributed by atoms with E-state index in [0.29, 0.717) is 19.3 Å².